The zero-order valence-electron chi connectivity index (χ0n) is 12.0. The van der Waals surface area contributed by atoms with Gasteiger partial charge in [-0.1, -0.05) is 36.4 Å². The molecule has 0 atom stereocenters. The molecular weight excluding hydrogens is 262 g/mol. The maximum absolute atomic E-state index is 12.6. The van der Waals surface area contributed by atoms with Crippen molar-refractivity contribution in [2.45, 2.75) is 19.8 Å². The molecule has 0 saturated carbocycles. The second-order valence-electron chi connectivity index (χ2n) is 5.38. The Kier molecular flexibility index (Phi) is 3.57. The maximum atomic E-state index is 12.6. The number of carbonyl (C=O) groups is 2. The monoisotopic (exact) mass is 279 g/mol. The molecule has 0 unspecified atom stereocenters. The minimum atomic E-state index is -0.0815. The SMILES string of the molecule is Cc1ccccc1C(=O)c1ccc2c(c1)C(=O)NCCC2. The summed E-state index contributed by atoms with van der Waals surface area (Å²) in [5, 5.41) is 2.87. The van der Waals surface area contributed by atoms with Gasteiger partial charge in [-0.25, -0.2) is 0 Å². The van der Waals surface area contributed by atoms with Gasteiger partial charge in [0, 0.05) is 23.2 Å². The van der Waals surface area contributed by atoms with Gasteiger partial charge < -0.3 is 5.32 Å². The molecule has 2 aromatic rings. The lowest BCUT2D eigenvalue weighted by atomic mass is 9.95. The van der Waals surface area contributed by atoms with Crippen molar-refractivity contribution in [1.29, 1.82) is 0 Å². The van der Waals surface area contributed by atoms with Crippen LogP contribution in [0.4, 0.5) is 0 Å². The Labute approximate surface area is 124 Å². The molecule has 1 aliphatic heterocycles. The predicted molar refractivity (Wildman–Crippen MR) is 81.7 cm³/mol. The van der Waals surface area contributed by atoms with E-state index in [0.717, 1.165) is 24.0 Å². The lowest BCUT2D eigenvalue weighted by Crippen LogP contribution is -2.23. The van der Waals surface area contributed by atoms with Crippen LogP contribution in [0, 0.1) is 6.92 Å². The second-order valence-corrected chi connectivity index (χ2v) is 5.38. The second kappa shape index (κ2) is 5.52. The van der Waals surface area contributed by atoms with E-state index in [4.69, 9.17) is 0 Å². The highest BCUT2D eigenvalue weighted by atomic mass is 16.1. The molecule has 3 rings (SSSR count). The van der Waals surface area contributed by atoms with Crippen molar-refractivity contribution < 1.29 is 9.59 Å². The summed E-state index contributed by atoms with van der Waals surface area (Å²) in [6, 6.07) is 13.0. The molecule has 0 fully saturated rings. The van der Waals surface area contributed by atoms with E-state index in [9.17, 15) is 9.59 Å². The summed E-state index contributed by atoms with van der Waals surface area (Å²) >= 11 is 0. The quantitative estimate of drug-likeness (QED) is 0.859. The van der Waals surface area contributed by atoms with Crippen molar-refractivity contribution in [2.75, 3.05) is 6.54 Å². The van der Waals surface area contributed by atoms with Gasteiger partial charge in [0.05, 0.1) is 0 Å². The van der Waals surface area contributed by atoms with Gasteiger partial charge in [0.15, 0.2) is 5.78 Å². The number of amides is 1. The molecule has 0 radical (unpaired) electrons. The molecule has 21 heavy (non-hydrogen) atoms. The Balaban J connectivity index is 2.02. The fourth-order valence-electron chi connectivity index (χ4n) is 2.71. The predicted octanol–water partition coefficient (Wildman–Crippen LogP) is 2.90. The minimum absolute atomic E-state index is 0.0343. The molecule has 1 N–H and O–H groups in total. The van der Waals surface area contributed by atoms with Gasteiger partial charge in [0.1, 0.15) is 0 Å². The lowest BCUT2D eigenvalue weighted by molar-refractivity contribution is 0.0956. The molecule has 0 saturated heterocycles. The van der Waals surface area contributed by atoms with Gasteiger partial charge in [-0.15, -0.1) is 0 Å². The molecule has 106 valence electrons. The van der Waals surface area contributed by atoms with Crippen LogP contribution in [0.2, 0.25) is 0 Å². The van der Waals surface area contributed by atoms with Crippen LogP contribution >= 0.6 is 0 Å². The lowest BCUT2D eigenvalue weighted by Gasteiger charge is -2.09. The molecule has 2 aromatic carbocycles. The van der Waals surface area contributed by atoms with E-state index in [1.165, 1.54) is 0 Å². The van der Waals surface area contributed by atoms with Crippen LogP contribution in [0.5, 0.6) is 0 Å². The summed E-state index contributed by atoms with van der Waals surface area (Å²) in [6.07, 6.45) is 1.80. The third-order valence-electron chi connectivity index (χ3n) is 3.91. The van der Waals surface area contributed by atoms with E-state index in [0.29, 0.717) is 23.2 Å². The van der Waals surface area contributed by atoms with Crippen molar-refractivity contribution in [3.05, 3.63) is 70.3 Å². The Morgan fingerprint density at radius 2 is 1.95 bits per heavy atom. The summed E-state index contributed by atoms with van der Waals surface area (Å²) < 4.78 is 0. The largest absolute Gasteiger partial charge is 0.352 e. The summed E-state index contributed by atoms with van der Waals surface area (Å²) in [5.41, 5.74) is 3.85. The summed E-state index contributed by atoms with van der Waals surface area (Å²) in [5.74, 6) is -0.116. The van der Waals surface area contributed by atoms with Crippen molar-refractivity contribution in [3.63, 3.8) is 0 Å². The first-order valence-corrected chi connectivity index (χ1v) is 7.18. The Hall–Kier alpha value is -2.42. The zero-order valence-corrected chi connectivity index (χ0v) is 12.0. The molecule has 3 heteroatoms. The van der Waals surface area contributed by atoms with Gasteiger partial charge in [-0.05, 0) is 37.0 Å². The maximum Gasteiger partial charge on any atom is 0.251 e. The smallest absolute Gasteiger partial charge is 0.251 e. The number of benzene rings is 2. The standard InChI is InChI=1S/C18H17NO2/c1-12-5-2-3-7-15(12)17(20)14-9-8-13-6-4-10-19-18(21)16(13)11-14/h2-3,5,7-9,11H,4,6,10H2,1H3,(H,19,21). The fraction of sp³-hybridized carbons (Fsp3) is 0.222. The number of hydrogen-bond donors (Lipinski definition) is 1. The minimum Gasteiger partial charge on any atom is -0.352 e. The molecule has 0 spiro atoms. The van der Waals surface area contributed by atoms with Crippen molar-refractivity contribution in [2.24, 2.45) is 0 Å². The number of rotatable bonds is 2. The number of carbonyl (C=O) groups excluding carboxylic acids is 2. The van der Waals surface area contributed by atoms with E-state index in [1.54, 1.807) is 6.07 Å². The van der Waals surface area contributed by atoms with Crippen molar-refractivity contribution in [1.82, 2.24) is 5.32 Å². The summed E-state index contributed by atoms with van der Waals surface area (Å²) in [7, 11) is 0. The van der Waals surface area contributed by atoms with Crippen LogP contribution in [-0.4, -0.2) is 18.2 Å². The van der Waals surface area contributed by atoms with E-state index in [1.807, 2.05) is 43.3 Å². The van der Waals surface area contributed by atoms with E-state index in [2.05, 4.69) is 5.32 Å². The normalized spacial score (nSPS) is 14.0. The number of aryl methyl sites for hydroxylation is 2. The Morgan fingerprint density at radius 3 is 2.76 bits per heavy atom. The summed E-state index contributed by atoms with van der Waals surface area (Å²) in [4.78, 5) is 24.7. The number of ketones is 1. The molecule has 3 nitrogen and oxygen atoms in total. The van der Waals surface area contributed by atoms with E-state index >= 15 is 0 Å². The average Bonchev–Trinajstić information content (AvgIpc) is 2.69. The first kappa shape index (κ1) is 13.6. The highest BCUT2D eigenvalue weighted by molar-refractivity contribution is 6.11. The van der Waals surface area contributed by atoms with Gasteiger partial charge in [-0.2, -0.15) is 0 Å². The number of nitrogens with one attached hydrogen (secondary N) is 1. The van der Waals surface area contributed by atoms with Crippen LogP contribution in [-0.2, 0) is 6.42 Å². The molecule has 1 amide bonds. The van der Waals surface area contributed by atoms with Gasteiger partial charge >= 0.3 is 0 Å². The van der Waals surface area contributed by atoms with Crippen molar-refractivity contribution >= 4 is 11.7 Å². The van der Waals surface area contributed by atoms with Crippen LogP contribution in [0.15, 0.2) is 42.5 Å². The molecule has 0 bridgehead atoms. The molecule has 0 aromatic heterocycles. The van der Waals surface area contributed by atoms with Crippen LogP contribution < -0.4 is 5.32 Å². The third-order valence-corrected chi connectivity index (χ3v) is 3.91. The number of hydrogen-bond acceptors (Lipinski definition) is 2. The van der Waals surface area contributed by atoms with E-state index < -0.39 is 0 Å². The van der Waals surface area contributed by atoms with Crippen LogP contribution in [0.25, 0.3) is 0 Å². The first-order valence-electron chi connectivity index (χ1n) is 7.18. The molecule has 1 heterocycles. The van der Waals surface area contributed by atoms with Gasteiger partial charge in [-0.3, -0.25) is 9.59 Å². The summed E-state index contributed by atoms with van der Waals surface area (Å²) in [6.45, 7) is 2.61. The van der Waals surface area contributed by atoms with Crippen LogP contribution in [0.1, 0.15) is 43.8 Å². The molecule has 1 aliphatic rings. The number of fused-ring (bicyclic) bond motifs is 1. The molecule has 0 aliphatic carbocycles. The Bertz CT molecular complexity index is 719. The zero-order chi connectivity index (χ0) is 14.8. The highest BCUT2D eigenvalue weighted by Gasteiger charge is 2.18. The van der Waals surface area contributed by atoms with Gasteiger partial charge in [0.2, 0.25) is 0 Å². The first-order chi connectivity index (χ1) is 10.2. The fourth-order valence-corrected chi connectivity index (χ4v) is 2.71. The average molecular weight is 279 g/mol. The van der Waals surface area contributed by atoms with Crippen LogP contribution in [0.3, 0.4) is 0 Å². The topological polar surface area (TPSA) is 46.2 Å². The third kappa shape index (κ3) is 2.59. The highest BCUT2D eigenvalue weighted by Crippen LogP contribution is 2.20. The molecular formula is C18H17NO2. The van der Waals surface area contributed by atoms with Crippen molar-refractivity contribution in [3.8, 4) is 0 Å². The Morgan fingerprint density at radius 1 is 1.14 bits per heavy atom. The van der Waals surface area contributed by atoms with Gasteiger partial charge in [0.25, 0.3) is 5.91 Å². The van der Waals surface area contributed by atoms with E-state index in [-0.39, 0.29) is 11.7 Å².